The van der Waals surface area contributed by atoms with Crippen molar-refractivity contribution in [3.63, 3.8) is 0 Å². The van der Waals surface area contributed by atoms with Crippen LogP contribution in [0.3, 0.4) is 0 Å². The molecule has 1 aliphatic heterocycles. The maximum absolute atomic E-state index is 4.67. The molecule has 1 aromatic rings. The van der Waals surface area contributed by atoms with Gasteiger partial charge in [0.1, 0.15) is 0 Å². The van der Waals surface area contributed by atoms with Gasteiger partial charge in [-0.2, -0.15) is 0 Å². The van der Waals surface area contributed by atoms with E-state index in [9.17, 15) is 0 Å². The minimum Gasteiger partial charge on any atom is -0.311 e. The molecule has 0 radical (unpaired) electrons. The van der Waals surface area contributed by atoms with Crippen LogP contribution in [0.1, 0.15) is 17.6 Å². The first-order valence-electron chi connectivity index (χ1n) is 6.83. The van der Waals surface area contributed by atoms with E-state index in [2.05, 4.69) is 39.5 Å². The van der Waals surface area contributed by atoms with Crippen LogP contribution in [0.15, 0.2) is 5.38 Å². The topological polar surface area (TPSA) is 31.4 Å². The van der Waals surface area contributed by atoms with Crippen molar-refractivity contribution in [3.05, 3.63) is 16.1 Å². The van der Waals surface area contributed by atoms with Crippen molar-refractivity contribution >= 4 is 11.3 Å². The van der Waals surface area contributed by atoms with Gasteiger partial charge in [-0.1, -0.05) is 6.92 Å². The standard InChI is InChI=1S/C13H24N4S/c1-3-14-10-12-11-18-13(15-12)4-5-17-8-6-16(2)7-9-17/h11,14H,3-10H2,1-2H3. The Morgan fingerprint density at radius 3 is 2.83 bits per heavy atom. The minimum absolute atomic E-state index is 0.904. The lowest BCUT2D eigenvalue weighted by atomic mass is 10.3. The number of piperazine rings is 1. The largest absolute Gasteiger partial charge is 0.311 e. The Labute approximate surface area is 114 Å². The maximum atomic E-state index is 4.67. The highest BCUT2D eigenvalue weighted by Crippen LogP contribution is 2.11. The molecule has 4 nitrogen and oxygen atoms in total. The van der Waals surface area contributed by atoms with Gasteiger partial charge in [0.05, 0.1) is 10.7 Å². The van der Waals surface area contributed by atoms with E-state index in [0.29, 0.717) is 0 Å². The molecule has 2 heterocycles. The number of likely N-dealkylation sites (N-methyl/N-ethyl adjacent to an activating group) is 1. The van der Waals surface area contributed by atoms with Crippen LogP contribution in [-0.4, -0.2) is 61.1 Å². The van der Waals surface area contributed by atoms with Crippen molar-refractivity contribution < 1.29 is 0 Å². The van der Waals surface area contributed by atoms with Crippen molar-refractivity contribution in [1.29, 1.82) is 0 Å². The number of nitrogens with zero attached hydrogens (tertiary/aromatic N) is 3. The molecule has 5 heteroatoms. The summed E-state index contributed by atoms with van der Waals surface area (Å²) < 4.78 is 0. The molecular formula is C13H24N4S. The minimum atomic E-state index is 0.904. The predicted octanol–water partition coefficient (Wildman–Crippen LogP) is 1.04. The third-order valence-electron chi connectivity index (χ3n) is 3.39. The number of rotatable bonds is 6. The highest BCUT2D eigenvalue weighted by Gasteiger charge is 2.13. The van der Waals surface area contributed by atoms with Crippen LogP contribution in [-0.2, 0) is 13.0 Å². The first kappa shape index (κ1) is 13.9. The molecule has 0 bridgehead atoms. The van der Waals surface area contributed by atoms with Crippen LogP contribution in [0.4, 0.5) is 0 Å². The zero-order chi connectivity index (χ0) is 12.8. The molecule has 1 aliphatic rings. The fourth-order valence-corrected chi connectivity index (χ4v) is 2.91. The lowest BCUT2D eigenvalue weighted by Gasteiger charge is -2.32. The first-order chi connectivity index (χ1) is 8.78. The summed E-state index contributed by atoms with van der Waals surface area (Å²) in [5.41, 5.74) is 1.19. The monoisotopic (exact) mass is 268 g/mol. The van der Waals surface area contributed by atoms with Crippen LogP contribution >= 0.6 is 11.3 Å². The lowest BCUT2D eigenvalue weighted by Crippen LogP contribution is -2.45. The van der Waals surface area contributed by atoms with Gasteiger partial charge >= 0.3 is 0 Å². The summed E-state index contributed by atoms with van der Waals surface area (Å²) in [4.78, 5) is 9.61. The Hall–Kier alpha value is -0.490. The molecule has 0 atom stereocenters. The fraction of sp³-hybridized carbons (Fsp3) is 0.769. The summed E-state index contributed by atoms with van der Waals surface area (Å²) in [6.45, 7) is 9.99. The molecule has 2 rings (SSSR count). The smallest absolute Gasteiger partial charge is 0.0941 e. The third kappa shape index (κ3) is 4.31. The number of hydrogen-bond acceptors (Lipinski definition) is 5. The Balaban J connectivity index is 1.71. The molecule has 0 unspecified atom stereocenters. The Morgan fingerprint density at radius 2 is 2.11 bits per heavy atom. The predicted molar refractivity (Wildman–Crippen MR) is 77.1 cm³/mol. The average molecular weight is 268 g/mol. The van der Waals surface area contributed by atoms with Gasteiger partial charge in [-0.25, -0.2) is 4.98 Å². The molecule has 18 heavy (non-hydrogen) atoms. The zero-order valence-corrected chi connectivity index (χ0v) is 12.3. The maximum Gasteiger partial charge on any atom is 0.0941 e. The van der Waals surface area contributed by atoms with E-state index in [1.165, 1.54) is 36.9 Å². The van der Waals surface area contributed by atoms with E-state index in [1.54, 1.807) is 11.3 Å². The van der Waals surface area contributed by atoms with Gasteiger partial charge in [-0.05, 0) is 13.6 Å². The zero-order valence-electron chi connectivity index (χ0n) is 11.5. The molecule has 1 fully saturated rings. The molecular weight excluding hydrogens is 244 g/mol. The summed E-state index contributed by atoms with van der Waals surface area (Å²) in [6, 6.07) is 0. The highest BCUT2D eigenvalue weighted by atomic mass is 32.1. The summed E-state index contributed by atoms with van der Waals surface area (Å²) in [7, 11) is 2.20. The number of thiazole rings is 1. The van der Waals surface area contributed by atoms with E-state index in [0.717, 1.165) is 26.1 Å². The molecule has 0 aliphatic carbocycles. The second kappa shape index (κ2) is 7.19. The second-order valence-electron chi connectivity index (χ2n) is 4.91. The van der Waals surface area contributed by atoms with Crippen LogP contribution < -0.4 is 5.32 Å². The van der Waals surface area contributed by atoms with Gasteiger partial charge < -0.3 is 15.1 Å². The van der Waals surface area contributed by atoms with Crippen LogP contribution in [0.5, 0.6) is 0 Å². The van der Waals surface area contributed by atoms with E-state index >= 15 is 0 Å². The molecule has 0 amide bonds. The summed E-state index contributed by atoms with van der Waals surface area (Å²) >= 11 is 1.80. The number of nitrogens with one attached hydrogen (secondary N) is 1. The van der Waals surface area contributed by atoms with Crippen molar-refractivity contribution in [2.24, 2.45) is 0 Å². The average Bonchev–Trinajstić information content (AvgIpc) is 2.84. The number of hydrogen-bond donors (Lipinski definition) is 1. The molecule has 1 N–H and O–H groups in total. The molecule has 0 saturated carbocycles. The second-order valence-corrected chi connectivity index (χ2v) is 5.85. The Bertz CT molecular complexity index is 345. The van der Waals surface area contributed by atoms with E-state index in [-0.39, 0.29) is 0 Å². The van der Waals surface area contributed by atoms with Crippen molar-refractivity contribution in [2.75, 3.05) is 46.3 Å². The SMILES string of the molecule is CCNCc1csc(CCN2CCN(C)CC2)n1. The van der Waals surface area contributed by atoms with E-state index in [1.807, 2.05) is 0 Å². The fourth-order valence-electron chi connectivity index (χ4n) is 2.12. The van der Waals surface area contributed by atoms with Crippen LogP contribution in [0, 0.1) is 0 Å². The lowest BCUT2D eigenvalue weighted by molar-refractivity contribution is 0.155. The summed E-state index contributed by atoms with van der Waals surface area (Å²) in [6.07, 6.45) is 1.10. The van der Waals surface area contributed by atoms with Crippen molar-refractivity contribution in [1.82, 2.24) is 20.1 Å². The van der Waals surface area contributed by atoms with Gasteiger partial charge in [-0.3, -0.25) is 0 Å². The van der Waals surface area contributed by atoms with Gasteiger partial charge in [0.15, 0.2) is 0 Å². The molecule has 102 valence electrons. The first-order valence-corrected chi connectivity index (χ1v) is 7.71. The van der Waals surface area contributed by atoms with Gasteiger partial charge in [0, 0.05) is 51.1 Å². The molecule has 1 saturated heterocycles. The summed E-state index contributed by atoms with van der Waals surface area (Å²) in [5.74, 6) is 0. The van der Waals surface area contributed by atoms with E-state index < -0.39 is 0 Å². The quantitative estimate of drug-likeness (QED) is 0.835. The van der Waals surface area contributed by atoms with Crippen molar-refractivity contribution in [2.45, 2.75) is 19.9 Å². The normalized spacial score (nSPS) is 18.3. The van der Waals surface area contributed by atoms with Crippen molar-refractivity contribution in [3.8, 4) is 0 Å². The number of aromatic nitrogens is 1. The van der Waals surface area contributed by atoms with Gasteiger partial charge in [-0.15, -0.1) is 11.3 Å². The highest BCUT2D eigenvalue weighted by molar-refractivity contribution is 7.09. The Morgan fingerprint density at radius 1 is 1.33 bits per heavy atom. The van der Waals surface area contributed by atoms with Crippen LogP contribution in [0.25, 0.3) is 0 Å². The Kier molecular flexibility index (Phi) is 5.56. The van der Waals surface area contributed by atoms with Gasteiger partial charge in [0.2, 0.25) is 0 Å². The van der Waals surface area contributed by atoms with Gasteiger partial charge in [0.25, 0.3) is 0 Å². The molecule has 1 aromatic heterocycles. The summed E-state index contributed by atoms with van der Waals surface area (Å²) in [5, 5.41) is 6.78. The third-order valence-corrected chi connectivity index (χ3v) is 4.35. The van der Waals surface area contributed by atoms with Crippen LogP contribution in [0.2, 0.25) is 0 Å². The molecule has 0 aromatic carbocycles. The molecule has 0 spiro atoms. The van der Waals surface area contributed by atoms with E-state index in [4.69, 9.17) is 0 Å².